The minimum Gasteiger partial charge on any atom is -0.332 e. The van der Waals surface area contributed by atoms with Gasteiger partial charge in [0.2, 0.25) is 5.91 Å². The topological polar surface area (TPSA) is 71.8 Å². The molecule has 0 atom stereocenters. The predicted molar refractivity (Wildman–Crippen MR) is 148 cm³/mol. The Morgan fingerprint density at radius 1 is 1.03 bits per heavy atom. The number of carbonyl (C=O) groups excluding carboxylic acids is 1. The first-order valence-corrected chi connectivity index (χ1v) is 12.1. The van der Waals surface area contributed by atoms with Crippen molar-refractivity contribution in [3.63, 3.8) is 0 Å². The van der Waals surface area contributed by atoms with Gasteiger partial charge in [-0.3, -0.25) is 10.1 Å². The van der Waals surface area contributed by atoms with Crippen LogP contribution in [0.25, 0.3) is 22.8 Å². The lowest BCUT2D eigenvalue weighted by Crippen LogP contribution is -2.33. The van der Waals surface area contributed by atoms with Gasteiger partial charge in [0.05, 0.1) is 5.69 Å². The number of hydrogen-bond acceptors (Lipinski definition) is 4. The second kappa shape index (κ2) is 10.6. The number of hydrogen-bond donors (Lipinski definition) is 2. The standard InChI is InChI=1S/C26H23Cl2N5OS/c1-15(2)17-5-9-20(10-6-17)33-31-23-12-16(3)22(14-24(23)32-33)29-26(35)30-25(34)11-7-18-4-8-19(27)13-21(18)28/h4-15H,1-3H3,(H2,29,30,34,35)/b11-7+. The molecule has 178 valence electrons. The number of benzene rings is 3. The van der Waals surface area contributed by atoms with Crippen LogP contribution in [0.4, 0.5) is 5.69 Å². The lowest BCUT2D eigenvalue weighted by molar-refractivity contribution is -0.115. The van der Waals surface area contributed by atoms with Crippen LogP contribution in [0.2, 0.25) is 10.0 Å². The smallest absolute Gasteiger partial charge is 0.250 e. The molecule has 0 aliphatic rings. The molecule has 1 aromatic heterocycles. The predicted octanol–water partition coefficient (Wildman–Crippen LogP) is 6.69. The highest BCUT2D eigenvalue weighted by Crippen LogP contribution is 2.24. The maximum absolute atomic E-state index is 12.3. The zero-order chi connectivity index (χ0) is 25.1. The Hall–Kier alpha value is -3.26. The van der Waals surface area contributed by atoms with Gasteiger partial charge in [-0.05, 0) is 84.2 Å². The first-order chi connectivity index (χ1) is 16.7. The van der Waals surface area contributed by atoms with E-state index in [9.17, 15) is 4.79 Å². The molecule has 0 radical (unpaired) electrons. The van der Waals surface area contributed by atoms with E-state index in [0.717, 1.165) is 22.5 Å². The molecule has 35 heavy (non-hydrogen) atoms. The van der Waals surface area contributed by atoms with Gasteiger partial charge in [-0.25, -0.2) is 0 Å². The van der Waals surface area contributed by atoms with Crippen LogP contribution in [0, 0.1) is 6.92 Å². The van der Waals surface area contributed by atoms with Crippen LogP contribution in [0.3, 0.4) is 0 Å². The molecule has 4 aromatic rings. The monoisotopic (exact) mass is 523 g/mol. The Balaban J connectivity index is 1.45. The van der Waals surface area contributed by atoms with E-state index in [1.807, 2.05) is 31.2 Å². The second-order valence-corrected chi connectivity index (χ2v) is 9.59. The van der Waals surface area contributed by atoms with E-state index >= 15 is 0 Å². The summed E-state index contributed by atoms with van der Waals surface area (Å²) in [6.45, 7) is 6.25. The van der Waals surface area contributed by atoms with E-state index in [1.54, 1.807) is 29.1 Å². The summed E-state index contributed by atoms with van der Waals surface area (Å²) in [5, 5.41) is 16.1. The van der Waals surface area contributed by atoms with Crippen molar-refractivity contribution in [2.24, 2.45) is 0 Å². The molecular weight excluding hydrogens is 501 g/mol. The van der Waals surface area contributed by atoms with Crippen molar-refractivity contribution in [1.29, 1.82) is 0 Å². The minimum absolute atomic E-state index is 0.168. The summed E-state index contributed by atoms with van der Waals surface area (Å²) in [6, 6.07) is 17.0. The van der Waals surface area contributed by atoms with Crippen molar-refractivity contribution < 1.29 is 4.79 Å². The van der Waals surface area contributed by atoms with E-state index in [-0.39, 0.29) is 11.0 Å². The fourth-order valence-electron chi connectivity index (χ4n) is 3.42. The van der Waals surface area contributed by atoms with Crippen molar-refractivity contribution in [3.8, 4) is 5.69 Å². The van der Waals surface area contributed by atoms with Gasteiger partial charge in [-0.15, -0.1) is 10.2 Å². The molecule has 2 N–H and O–H groups in total. The molecule has 0 saturated carbocycles. The number of aryl methyl sites for hydroxylation is 1. The van der Waals surface area contributed by atoms with Gasteiger partial charge in [-0.1, -0.05) is 55.2 Å². The molecule has 1 heterocycles. The van der Waals surface area contributed by atoms with Crippen LogP contribution in [0.5, 0.6) is 0 Å². The fraction of sp³-hybridized carbons (Fsp3) is 0.154. The highest BCUT2D eigenvalue weighted by molar-refractivity contribution is 7.80. The Labute approximate surface area is 218 Å². The summed E-state index contributed by atoms with van der Waals surface area (Å²) in [7, 11) is 0. The quantitative estimate of drug-likeness (QED) is 0.225. The number of rotatable bonds is 5. The zero-order valence-corrected chi connectivity index (χ0v) is 21.7. The molecule has 0 saturated heterocycles. The van der Waals surface area contributed by atoms with Crippen LogP contribution < -0.4 is 10.6 Å². The first kappa shape index (κ1) is 24.9. The Bertz CT molecular complexity index is 1440. The molecule has 0 spiro atoms. The molecule has 0 aliphatic carbocycles. The first-order valence-electron chi connectivity index (χ1n) is 10.9. The molecule has 0 fully saturated rings. The summed E-state index contributed by atoms with van der Waals surface area (Å²) in [6.07, 6.45) is 2.95. The van der Waals surface area contributed by atoms with Crippen LogP contribution >= 0.6 is 35.4 Å². The summed E-state index contributed by atoms with van der Waals surface area (Å²) >= 11 is 17.4. The van der Waals surface area contributed by atoms with Crippen molar-refractivity contribution in [1.82, 2.24) is 20.3 Å². The number of thiocarbonyl (C=S) groups is 1. The lowest BCUT2D eigenvalue weighted by Gasteiger charge is -2.10. The van der Waals surface area contributed by atoms with E-state index in [0.29, 0.717) is 27.0 Å². The van der Waals surface area contributed by atoms with Crippen LogP contribution in [0.1, 0.15) is 36.5 Å². The summed E-state index contributed by atoms with van der Waals surface area (Å²) < 4.78 is 0. The number of anilines is 1. The number of nitrogens with zero attached hydrogens (tertiary/aromatic N) is 3. The van der Waals surface area contributed by atoms with Gasteiger partial charge in [0.15, 0.2) is 5.11 Å². The third kappa shape index (κ3) is 6.06. The zero-order valence-electron chi connectivity index (χ0n) is 19.3. The minimum atomic E-state index is -0.386. The van der Waals surface area contributed by atoms with Crippen LogP contribution in [-0.2, 0) is 4.79 Å². The van der Waals surface area contributed by atoms with Gasteiger partial charge in [0.25, 0.3) is 0 Å². The summed E-state index contributed by atoms with van der Waals surface area (Å²) in [5.41, 5.74) is 5.93. The van der Waals surface area contributed by atoms with E-state index in [1.165, 1.54) is 11.6 Å². The van der Waals surface area contributed by atoms with Crippen molar-refractivity contribution in [3.05, 3.63) is 87.4 Å². The molecule has 0 aliphatic heterocycles. The number of nitrogens with one attached hydrogen (secondary N) is 2. The molecule has 4 rings (SSSR count). The molecule has 0 bridgehead atoms. The largest absolute Gasteiger partial charge is 0.332 e. The number of aromatic nitrogens is 3. The number of halogens is 2. The maximum atomic E-state index is 12.3. The number of carbonyl (C=O) groups is 1. The van der Waals surface area contributed by atoms with Gasteiger partial charge in [0, 0.05) is 21.8 Å². The van der Waals surface area contributed by atoms with Crippen LogP contribution in [0.15, 0.2) is 60.7 Å². The number of fused-ring (bicyclic) bond motifs is 1. The van der Waals surface area contributed by atoms with Gasteiger partial charge >= 0.3 is 0 Å². The molecule has 9 heteroatoms. The average molecular weight is 524 g/mol. The maximum Gasteiger partial charge on any atom is 0.250 e. The third-order valence-electron chi connectivity index (χ3n) is 5.38. The van der Waals surface area contributed by atoms with Gasteiger partial charge in [-0.2, -0.15) is 4.80 Å². The lowest BCUT2D eigenvalue weighted by atomic mass is 10.0. The van der Waals surface area contributed by atoms with Crippen molar-refractivity contribution in [2.45, 2.75) is 26.7 Å². The Kier molecular flexibility index (Phi) is 7.50. The molecular formula is C26H23Cl2N5OS. The highest BCUT2D eigenvalue weighted by Gasteiger charge is 2.11. The molecule has 6 nitrogen and oxygen atoms in total. The van der Waals surface area contributed by atoms with E-state index in [2.05, 4.69) is 46.8 Å². The summed E-state index contributed by atoms with van der Waals surface area (Å²) in [4.78, 5) is 13.9. The fourth-order valence-corrected chi connectivity index (χ4v) is 4.10. The van der Waals surface area contributed by atoms with Gasteiger partial charge in [0.1, 0.15) is 11.0 Å². The highest BCUT2D eigenvalue weighted by atomic mass is 35.5. The van der Waals surface area contributed by atoms with E-state index < -0.39 is 0 Å². The number of amides is 1. The molecule has 3 aromatic carbocycles. The van der Waals surface area contributed by atoms with Crippen molar-refractivity contribution in [2.75, 3.05) is 5.32 Å². The van der Waals surface area contributed by atoms with Crippen molar-refractivity contribution >= 4 is 69.2 Å². The third-order valence-corrected chi connectivity index (χ3v) is 6.15. The molecule has 0 unspecified atom stereocenters. The Morgan fingerprint density at radius 3 is 2.37 bits per heavy atom. The summed E-state index contributed by atoms with van der Waals surface area (Å²) in [5.74, 6) is 0.0723. The second-order valence-electron chi connectivity index (χ2n) is 8.33. The molecule has 1 amide bonds. The SMILES string of the molecule is Cc1cc2nn(-c3ccc(C(C)C)cc3)nc2cc1NC(=S)NC(=O)/C=C/c1ccc(Cl)cc1Cl. The average Bonchev–Trinajstić information content (AvgIpc) is 3.21. The van der Waals surface area contributed by atoms with E-state index in [4.69, 9.17) is 35.4 Å². The van der Waals surface area contributed by atoms with Gasteiger partial charge < -0.3 is 5.32 Å². The normalized spacial score (nSPS) is 11.4. The van der Waals surface area contributed by atoms with Crippen LogP contribution in [-0.4, -0.2) is 26.0 Å². The Morgan fingerprint density at radius 2 is 1.71 bits per heavy atom.